The Morgan fingerprint density at radius 1 is 1.12 bits per heavy atom. The van der Waals surface area contributed by atoms with Gasteiger partial charge in [0.2, 0.25) is 5.91 Å². The highest BCUT2D eigenvalue weighted by molar-refractivity contribution is 5.99. The molecule has 0 bridgehead atoms. The fourth-order valence-electron chi connectivity index (χ4n) is 4.18. The number of aromatic nitrogens is 1. The van der Waals surface area contributed by atoms with E-state index in [-0.39, 0.29) is 11.7 Å². The van der Waals surface area contributed by atoms with Crippen LogP contribution in [-0.2, 0) is 4.79 Å². The third-order valence-electron chi connectivity index (χ3n) is 5.81. The Morgan fingerprint density at radius 2 is 1.76 bits per heavy atom. The summed E-state index contributed by atoms with van der Waals surface area (Å²) in [5.41, 5.74) is 3.06. The molecule has 0 atom stereocenters. The van der Waals surface area contributed by atoms with Crippen LogP contribution in [0, 0.1) is 19.8 Å². The highest BCUT2D eigenvalue weighted by Crippen LogP contribution is 2.28. The Labute approximate surface area is 151 Å². The molecule has 5 nitrogen and oxygen atoms in total. The van der Waals surface area contributed by atoms with Gasteiger partial charge in [-0.25, -0.2) is 0 Å². The summed E-state index contributed by atoms with van der Waals surface area (Å²) in [6.07, 6.45) is 3.31. The number of rotatable bonds is 5. The number of piperazine rings is 1. The number of hydrogen-bond acceptors (Lipinski definition) is 3. The topological polar surface area (TPSA) is 45.6 Å². The van der Waals surface area contributed by atoms with Crippen molar-refractivity contribution in [3.05, 3.63) is 23.0 Å². The average Bonchev–Trinajstić information content (AvgIpc) is 2.81. The van der Waals surface area contributed by atoms with Gasteiger partial charge in [0.15, 0.2) is 5.78 Å². The number of Topliss-reactive ketones (excluding diaryl/α,β-unsaturated/α-hetero) is 1. The highest BCUT2D eigenvalue weighted by atomic mass is 16.2. The van der Waals surface area contributed by atoms with Crippen molar-refractivity contribution in [3.8, 4) is 0 Å². The van der Waals surface area contributed by atoms with Crippen molar-refractivity contribution < 1.29 is 9.59 Å². The van der Waals surface area contributed by atoms with E-state index in [0.717, 1.165) is 56.0 Å². The van der Waals surface area contributed by atoms with E-state index in [4.69, 9.17) is 0 Å². The lowest BCUT2D eigenvalue weighted by Gasteiger charge is -2.38. The second kappa shape index (κ2) is 7.32. The number of ketones is 1. The molecule has 1 aromatic heterocycles. The number of hydrogen-bond donors (Lipinski definition) is 0. The zero-order valence-electron chi connectivity index (χ0n) is 16.0. The van der Waals surface area contributed by atoms with Crippen molar-refractivity contribution in [1.29, 1.82) is 0 Å². The van der Waals surface area contributed by atoms with Crippen molar-refractivity contribution in [2.45, 2.75) is 53.0 Å². The van der Waals surface area contributed by atoms with Crippen molar-refractivity contribution in [2.75, 3.05) is 32.7 Å². The van der Waals surface area contributed by atoms with E-state index < -0.39 is 0 Å². The zero-order chi connectivity index (χ0) is 18.1. The number of amides is 1. The van der Waals surface area contributed by atoms with Crippen LogP contribution in [-0.4, -0.2) is 58.8 Å². The van der Waals surface area contributed by atoms with E-state index in [1.54, 1.807) is 0 Å². The van der Waals surface area contributed by atoms with Crippen LogP contribution in [0.5, 0.6) is 0 Å². The largest absolute Gasteiger partial charge is 0.346 e. The first-order valence-electron chi connectivity index (χ1n) is 9.61. The molecule has 3 rings (SSSR count). The molecule has 25 heavy (non-hydrogen) atoms. The van der Waals surface area contributed by atoms with Crippen LogP contribution >= 0.6 is 0 Å². The molecule has 2 heterocycles. The normalized spacial score (nSPS) is 19.3. The van der Waals surface area contributed by atoms with Gasteiger partial charge < -0.3 is 9.47 Å². The molecule has 1 aliphatic carbocycles. The van der Waals surface area contributed by atoms with Crippen LogP contribution < -0.4 is 0 Å². The Morgan fingerprint density at radius 3 is 2.24 bits per heavy atom. The maximum absolute atomic E-state index is 12.8. The molecule has 138 valence electrons. The van der Waals surface area contributed by atoms with Gasteiger partial charge in [0.05, 0.1) is 6.54 Å². The molecule has 1 saturated carbocycles. The van der Waals surface area contributed by atoms with Gasteiger partial charge in [-0.15, -0.1) is 0 Å². The lowest BCUT2D eigenvalue weighted by molar-refractivity contribution is -0.139. The first kappa shape index (κ1) is 18.2. The molecule has 1 saturated heterocycles. The van der Waals surface area contributed by atoms with Crippen molar-refractivity contribution in [2.24, 2.45) is 5.92 Å². The van der Waals surface area contributed by atoms with Crippen LogP contribution in [0.15, 0.2) is 6.07 Å². The molecule has 5 heteroatoms. The standard InChI is InChI=1S/C20H31N3O2/c1-14(2)23-15(3)12-18(16(23)4)19(24)13-21-8-10-22(11-9-21)20(25)17-6-5-7-17/h12,14,17H,5-11,13H2,1-4H3. The molecular formula is C20H31N3O2. The minimum Gasteiger partial charge on any atom is -0.346 e. The smallest absolute Gasteiger partial charge is 0.225 e. The van der Waals surface area contributed by atoms with Gasteiger partial charge >= 0.3 is 0 Å². The molecular weight excluding hydrogens is 314 g/mol. The molecule has 0 N–H and O–H groups in total. The first-order chi connectivity index (χ1) is 11.9. The number of carbonyl (C=O) groups is 2. The van der Waals surface area contributed by atoms with Gasteiger partial charge in [0, 0.05) is 55.1 Å². The molecule has 0 aromatic carbocycles. The predicted octanol–water partition coefficient (Wildman–Crippen LogP) is 2.81. The van der Waals surface area contributed by atoms with Crippen molar-refractivity contribution in [3.63, 3.8) is 0 Å². The lowest BCUT2D eigenvalue weighted by atomic mass is 9.84. The molecule has 0 radical (unpaired) electrons. The van der Waals surface area contributed by atoms with Gasteiger partial charge in [-0.2, -0.15) is 0 Å². The third-order valence-corrected chi connectivity index (χ3v) is 5.81. The van der Waals surface area contributed by atoms with Gasteiger partial charge in [-0.3, -0.25) is 14.5 Å². The minimum atomic E-state index is 0.193. The highest BCUT2D eigenvalue weighted by Gasteiger charge is 2.31. The molecule has 0 spiro atoms. The Bertz CT molecular complexity index is 650. The molecule has 2 aliphatic rings. The van der Waals surface area contributed by atoms with E-state index in [2.05, 4.69) is 30.2 Å². The summed E-state index contributed by atoms with van der Waals surface area (Å²) in [5.74, 6) is 0.797. The monoisotopic (exact) mass is 345 g/mol. The van der Waals surface area contributed by atoms with Crippen molar-refractivity contribution in [1.82, 2.24) is 14.4 Å². The third kappa shape index (κ3) is 3.66. The molecule has 1 aliphatic heterocycles. The Balaban J connectivity index is 1.56. The quantitative estimate of drug-likeness (QED) is 0.771. The van der Waals surface area contributed by atoms with E-state index in [9.17, 15) is 9.59 Å². The number of nitrogens with zero attached hydrogens (tertiary/aromatic N) is 3. The van der Waals surface area contributed by atoms with Crippen LogP contribution in [0.4, 0.5) is 0 Å². The summed E-state index contributed by atoms with van der Waals surface area (Å²) in [5, 5.41) is 0. The summed E-state index contributed by atoms with van der Waals surface area (Å²) in [4.78, 5) is 29.3. The summed E-state index contributed by atoms with van der Waals surface area (Å²) >= 11 is 0. The van der Waals surface area contributed by atoms with Crippen LogP contribution in [0.1, 0.15) is 60.9 Å². The van der Waals surface area contributed by atoms with Gasteiger partial charge in [-0.05, 0) is 46.6 Å². The maximum atomic E-state index is 12.8. The lowest BCUT2D eigenvalue weighted by Crippen LogP contribution is -2.52. The van der Waals surface area contributed by atoms with Crippen LogP contribution in [0.2, 0.25) is 0 Å². The van der Waals surface area contributed by atoms with E-state index in [1.165, 1.54) is 6.42 Å². The summed E-state index contributed by atoms with van der Waals surface area (Å²) in [6.45, 7) is 12.0. The maximum Gasteiger partial charge on any atom is 0.225 e. The first-order valence-corrected chi connectivity index (χ1v) is 9.61. The summed E-state index contributed by atoms with van der Waals surface area (Å²) < 4.78 is 2.22. The van der Waals surface area contributed by atoms with Crippen LogP contribution in [0.3, 0.4) is 0 Å². The average molecular weight is 345 g/mol. The molecule has 0 unspecified atom stereocenters. The second-order valence-electron chi connectivity index (χ2n) is 7.90. The Kier molecular flexibility index (Phi) is 5.32. The van der Waals surface area contributed by atoms with Crippen LogP contribution in [0.25, 0.3) is 0 Å². The van der Waals surface area contributed by atoms with Gasteiger partial charge in [0.25, 0.3) is 0 Å². The van der Waals surface area contributed by atoms with E-state index in [0.29, 0.717) is 18.5 Å². The molecule has 2 fully saturated rings. The Hall–Kier alpha value is -1.62. The van der Waals surface area contributed by atoms with Crippen molar-refractivity contribution >= 4 is 11.7 Å². The minimum absolute atomic E-state index is 0.193. The fraction of sp³-hybridized carbons (Fsp3) is 0.700. The molecule has 1 amide bonds. The number of carbonyl (C=O) groups excluding carboxylic acids is 2. The van der Waals surface area contributed by atoms with Gasteiger partial charge in [-0.1, -0.05) is 6.42 Å². The fourth-order valence-corrected chi connectivity index (χ4v) is 4.18. The SMILES string of the molecule is Cc1cc(C(=O)CN2CCN(C(=O)C3CCC3)CC2)c(C)n1C(C)C. The summed E-state index contributed by atoms with van der Waals surface area (Å²) in [6, 6.07) is 2.39. The van der Waals surface area contributed by atoms with E-state index >= 15 is 0 Å². The predicted molar refractivity (Wildman–Crippen MR) is 99.0 cm³/mol. The molecule has 1 aromatic rings. The zero-order valence-corrected chi connectivity index (χ0v) is 16.0. The second-order valence-corrected chi connectivity index (χ2v) is 7.90. The van der Waals surface area contributed by atoms with E-state index in [1.807, 2.05) is 17.9 Å². The number of aryl methyl sites for hydroxylation is 1. The summed E-state index contributed by atoms with van der Waals surface area (Å²) in [7, 11) is 0. The van der Waals surface area contributed by atoms with Gasteiger partial charge in [0.1, 0.15) is 0 Å².